The molecule has 0 fully saturated rings. The second-order valence-corrected chi connectivity index (χ2v) is 14.3. The molecule has 0 aliphatic heterocycles. The zero-order valence-corrected chi connectivity index (χ0v) is 29.0. The fraction of sp³-hybridized carbons (Fsp3) is 0.333. The minimum atomic E-state index is -4.37. The highest BCUT2D eigenvalue weighted by Gasteiger charge is 2.36. The Kier molecular flexibility index (Phi) is 9.66. The average molecular weight is 657 g/mol. The number of benzene rings is 3. The monoisotopic (exact) mass is 656 g/mol. The van der Waals surface area contributed by atoms with Gasteiger partial charge in [-0.25, -0.2) is 0 Å². The van der Waals surface area contributed by atoms with E-state index in [1.807, 2.05) is 115 Å². The summed E-state index contributed by atoms with van der Waals surface area (Å²) in [6.07, 6.45) is 8.33. The molecular weight excluding hydrogens is 611 g/mol. The number of hydrogen-bond donors (Lipinski definition) is 3. The minimum absolute atomic E-state index is 0.434. The van der Waals surface area contributed by atoms with Crippen molar-refractivity contribution in [3.05, 3.63) is 89.9 Å². The average Bonchev–Trinajstić information content (AvgIpc) is 3.76. The number of H-pyrrole nitrogens is 3. The first kappa shape index (κ1) is 32.7. The zero-order chi connectivity index (χ0) is 33.1. The summed E-state index contributed by atoms with van der Waals surface area (Å²) in [4.78, 5) is 16.5. The first-order valence-corrected chi connectivity index (χ1v) is 17.5. The normalized spacial score (nSPS) is 12.4. The van der Waals surface area contributed by atoms with Gasteiger partial charge in [-0.2, -0.15) is 4.57 Å². The molecule has 0 bridgehead atoms. The smallest absolute Gasteiger partial charge is 0.385 e. The standard InChI is InChI=1S/C36H45N6O4P/c1-40(2)19-16-25-22-37-28-10-7-13-31(34(25)28)44-47(43,45-32-14-8-11-29-35(32)26(23-38-29)17-20-41(3)4)46-33-15-9-12-30-36(33)27(24-39-30)18-21-42(5)6/h7-15,22-24,37-39H,16-21H2,1-6H3. The van der Waals surface area contributed by atoms with Crippen molar-refractivity contribution in [2.24, 2.45) is 0 Å². The molecule has 47 heavy (non-hydrogen) atoms. The highest BCUT2D eigenvalue weighted by molar-refractivity contribution is 7.49. The summed E-state index contributed by atoms with van der Waals surface area (Å²) in [5, 5.41) is 2.58. The van der Waals surface area contributed by atoms with Gasteiger partial charge in [0.2, 0.25) is 0 Å². The predicted octanol–water partition coefficient (Wildman–Crippen LogP) is 7.09. The molecule has 3 aromatic heterocycles. The molecule has 6 aromatic rings. The third-order valence-corrected chi connectivity index (χ3v) is 9.62. The largest absolute Gasteiger partial charge is 0.647 e. The summed E-state index contributed by atoms with van der Waals surface area (Å²) in [5.74, 6) is 1.30. The molecule has 0 aliphatic rings. The van der Waals surface area contributed by atoms with Crippen LogP contribution in [-0.4, -0.2) is 91.6 Å². The number of aromatic amines is 3. The number of phosphoric acid groups is 1. The Morgan fingerprint density at radius 1 is 0.511 bits per heavy atom. The summed E-state index contributed by atoms with van der Waals surface area (Å²) in [7, 11) is 7.91. The molecule has 0 amide bonds. The Balaban J connectivity index is 1.45. The van der Waals surface area contributed by atoms with Gasteiger partial charge in [-0.1, -0.05) is 18.2 Å². The van der Waals surface area contributed by atoms with Crippen molar-refractivity contribution in [3.8, 4) is 17.2 Å². The Hall–Kier alpha value is -4.21. The first-order chi connectivity index (χ1) is 22.6. The molecule has 6 rings (SSSR count). The van der Waals surface area contributed by atoms with Crippen molar-refractivity contribution in [1.82, 2.24) is 29.7 Å². The minimum Gasteiger partial charge on any atom is -0.385 e. The number of nitrogens with one attached hydrogen (secondary N) is 3. The lowest BCUT2D eigenvalue weighted by Gasteiger charge is -2.22. The van der Waals surface area contributed by atoms with E-state index < -0.39 is 7.82 Å². The Morgan fingerprint density at radius 2 is 0.809 bits per heavy atom. The van der Waals surface area contributed by atoms with Crippen LogP contribution in [0, 0.1) is 0 Å². The molecular formula is C36H45N6O4P. The second kappa shape index (κ2) is 13.9. The van der Waals surface area contributed by atoms with E-state index in [1.54, 1.807) is 0 Å². The molecule has 3 N–H and O–H groups in total. The fourth-order valence-corrected chi connectivity index (χ4v) is 7.22. The SMILES string of the molecule is CN(C)CCc1c[nH]c2cccc(OP(=O)(Oc3cccc4[nH]cc(CCN(C)C)c34)Oc3cccc4[nH]cc(CCN(C)C)c34)c12. The van der Waals surface area contributed by atoms with Gasteiger partial charge in [0.05, 0.1) is 0 Å². The number of rotatable bonds is 15. The lowest BCUT2D eigenvalue weighted by atomic mass is 10.1. The topological polar surface area (TPSA) is 102 Å². The van der Waals surface area contributed by atoms with Crippen LogP contribution < -0.4 is 13.6 Å². The van der Waals surface area contributed by atoms with Gasteiger partial charge in [0.15, 0.2) is 0 Å². The van der Waals surface area contributed by atoms with E-state index in [4.69, 9.17) is 13.6 Å². The number of phosphoric ester groups is 1. The number of nitrogens with zero attached hydrogens (tertiary/aromatic N) is 3. The molecule has 0 atom stereocenters. The van der Waals surface area contributed by atoms with Gasteiger partial charge < -0.3 is 43.2 Å². The van der Waals surface area contributed by atoms with Gasteiger partial charge in [-0.05, 0) is 115 Å². The molecule has 0 aliphatic carbocycles. The molecule has 0 unspecified atom stereocenters. The lowest BCUT2D eigenvalue weighted by Crippen LogP contribution is -2.15. The summed E-state index contributed by atoms with van der Waals surface area (Å²) < 4.78 is 34.7. The van der Waals surface area contributed by atoms with E-state index in [9.17, 15) is 0 Å². The van der Waals surface area contributed by atoms with Crippen LogP contribution in [-0.2, 0) is 23.8 Å². The molecule has 11 heteroatoms. The lowest BCUT2D eigenvalue weighted by molar-refractivity contribution is 0.302. The van der Waals surface area contributed by atoms with E-state index in [-0.39, 0.29) is 0 Å². The van der Waals surface area contributed by atoms with Crippen LogP contribution in [0.5, 0.6) is 17.2 Å². The van der Waals surface area contributed by atoms with Gasteiger partial charge in [0.25, 0.3) is 0 Å². The maximum Gasteiger partial charge on any atom is 0.647 e. The van der Waals surface area contributed by atoms with Crippen molar-refractivity contribution < 1.29 is 18.1 Å². The van der Waals surface area contributed by atoms with Gasteiger partial charge in [0.1, 0.15) is 17.2 Å². The third-order valence-electron chi connectivity index (χ3n) is 8.36. The molecule has 3 heterocycles. The molecule has 3 aromatic carbocycles. The zero-order valence-electron chi connectivity index (χ0n) is 28.1. The van der Waals surface area contributed by atoms with Crippen molar-refractivity contribution in [1.29, 1.82) is 0 Å². The Bertz CT molecular complexity index is 1800. The molecule has 0 saturated carbocycles. The van der Waals surface area contributed by atoms with E-state index in [1.165, 1.54) is 0 Å². The predicted molar refractivity (Wildman–Crippen MR) is 191 cm³/mol. The van der Waals surface area contributed by atoms with Crippen LogP contribution >= 0.6 is 7.82 Å². The first-order valence-electron chi connectivity index (χ1n) is 16.0. The summed E-state index contributed by atoms with van der Waals surface area (Å²) in [5.41, 5.74) is 5.86. The summed E-state index contributed by atoms with van der Waals surface area (Å²) in [6.45, 7) is 2.55. The number of aromatic nitrogens is 3. The quantitative estimate of drug-likeness (QED) is 0.102. The van der Waals surface area contributed by atoms with E-state index in [0.29, 0.717) is 17.2 Å². The van der Waals surface area contributed by atoms with E-state index in [2.05, 4.69) is 29.7 Å². The van der Waals surface area contributed by atoms with Gasteiger partial charge in [0, 0.05) is 70.9 Å². The van der Waals surface area contributed by atoms with Crippen molar-refractivity contribution in [2.75, 3.05) is 61.9 Å². The van der Waals surface area contributed by atoms with Crippen molar-refractivity contribution in [3.63, 3.8) is 0 Å². The maximum atomic E-state index is 15.2. The maximum absolute atomic E-state index is 15.2. The number of hydrogen-bond acceptors (Lipinski definition) is 7. The molecule has 0 radical (unpaired) electrons. The van der Waals surface area contributed by atoms with Crippen LogP contribution in [0.25, 0.3) is 32.7 Å². The number of likely N-dealkylation sites (N-methyl/N-ethyl adjacent to an activating group) is 3. The highest BCUT2D eigenvalue weighted by atomic mass is 31.2. The molecule has 0 spiro atoms. The van der Waals surface area contributed by atoms with Gasteiger partial charge in [-0.3, -0.25) is 0 Å². The fourth-order valence-electron chi connectivity index (χ4n) is 5.93. The molecule has 248 valence electrons. The van der Waals surface area contributed by atoms with Crippen molar-refractivity contribution in [2.45, 2.75) is 19.3 Å². The van der Waals surface area contributed by atoms with E-state index in [0.717, 1.165) is 88.3 Å². The van der Waals surface area contributed by atoms with Crippen LogP contribution in [0.2, 0.25) is 0 Å². The van der Waals surface area contributed by atoms with Crippen LogP contribution in [0.3, 0.4) is 0 Å². The highest BCUT2D eigenvalue weighted by Crippen LogP contribution is 2.54. The second-order valence-electron chi connectivity index (χ2n) is 12.9. The summed E-state index contributed by atoms with van der Waals surface area (Å²) in [6, 6.07) is 17.1. The molecule has 0 saturated heterocycles. The van der Waals surface area contributed by atoms with Crippen LogP contribution in [0.4, 0.5) is 0 Å². The Morgan fingerprint density at radius 3 is 1.09 bits per heavy atom. The van der Waals surface area contributed by atoms with Crippen LogP contribution in [0.1, 0.15) is 16.7 Å². The third kappa shape index (κ3) is 7.36. The van der Waals surface area contributed by atoms with Crippen LogP contribution in [0.15, 0.2) is 73.2 Å². The number of fused-ring (bicyclic) bond motifs is 3. The van der Waals surface area contributed by atoms with E-state index >= 15 is 4.57 Å². The van der Waals surface area contributed by atoms with Crippen molar-refractivity contribution >= 4 is 40.5 Å². The molecule has 10 nitrogen and oxygen atoms in total. The Labute approximate surface area is 276 Å². The van der Waals surface area contributed by atoms with Gasteiger partial charge in [-0.15, -0.1) is 0 Å². The van der Waals surface area contributed by atoms with Gasteiger partial charge >= 0.3 is 7.82 Å². The summed E-state index contributed by atoms with van der Waals surface area (Å²) >= 11 is 0.